The Morgan fingerprint density at radius 2 is 2.08 bits per heavy atom. The summed E-state index contributed by atoms with van der Waals surface area (Å²) in [5.74, 6) is 0.122. The lowest BCUT2D eigenvalue weighted by atomic mass is 10.1. The number of ether oxygens (including phenoxy) is 3. The van der Waals surface area contributed by atoms with Gasteiger partial charge in [-0.15, -0.1) is 0 Å². The molecule has 140 valence electrons. The average Bonchev–Trinajstić information content (AvgIpc) is 2.89. The molecule has 1 saturated heterocycles. The van der Waals surface area contributed by atoms with E-state index in [1.807, 2.05) is 6.92 Å². The van der Waals surface area contributed by atoms with E-state index in [2.05, 4.69) is 26.0 Å². The molecule has 26 heavy (non-hydrogen) atoms. The highest BCUT2D eigenvalue weighted by molar-refractivity contribution is 9.10. The third kappa shape index (κ3) is 4.53. The predicted octanol–water partition coefficient (Wildman–Crippen LogP) is 2.48. The largest absolute Gasteiger partial charge is 0.493 e. The molecule has 1 aliphatic rings. The number of carbonyl (C=O) groups is 2. The number of hydrogen-bond acceptors (Lipinski definition) is 6. The summed E-state index contributed by atoms with van der Waals surface area (Å²) in [4.78, 5) is 25.2. The molecule has 0 radical (unpaired) electrons. The molecule has 2 rings (SSSR count). The minimum absolute atomic E-state index is 0.172. The minimum atomic E-state index is -0.500. The van der Waals surface area contributed by atoms with Crippen LogP contribution in [0.5, 0.6) is 11.5 Å². The lowest BCUT2D eigenvalue weighted by Crippen LogP contribution is -2.31. The number of rotatable bonds is 7. The third-order valence-electron chi connectivity index (χ3n) is 3.57. The first-order chi connectivity index (χ1) is 12.4. The highest BCUT2D eigenvalue weighted by Crippen LogP contribution is 2.35. The molecule has 1 aromatic carbocycles. The molecule has 7 nitrogen and oxygen atoms in total. The summed E-state index contributed by atoms with van der Waals surface area (Å²) >= 11 is 8.64. The molecular formula is C17H19BrN2O5S. The summed E-state index contributed by atoms with van der Waals surface area (Å²) in [6.45, 7) is 2.30. The standard InChI is InChI=1S/C17H19BrN2O5S/c1-4-5-20-16(22)12(19-17(20)26)6-10-7-13(23-2)14(8-11(10)18)25-9-15(21)24-3/h6-8H,4-5,9H2,1-3H3,(H,19,26)/b12-6-. The van der Waals surface area contributed by atoms with Crippen molar-refractivity contribution in [2.45, 2.75) is 13.3 Å². The van der Waals surface area contributed by atoms with Gasteiger partial charge in [0.1, 0.15) is 5.70 Å². The van der Waals surface area contributed by atoms with Crippen molar-refractivity contribution in [3.05, 3.63) is 27.9 Å². The van der Waals surface area contributed by atoms with E-state index < -0.39 is 5.97 Å². The number of amides is 1. The van der Waals surface area contributed by atoms with Gasteiger partial charge < -0.3 is 19.5 Å². The van der Waals surface area contributed by atoms with Gasteiger partial charge in [0.2, 0.25) is 0 Å². The van der Waals surface area contributed by atoms with E-state index in [1.54, 1.807) is 18.2 Å². The molecule has 1 aliphatic heterocycles. The second-order valence-corrected chi connectivity index (χ2v) is 6.58. The van der Waals surface area contributed by atoms with E-state index in [9.17, 15) is 9.59 Å². The number of methoxy groups -OCH3 is 2. The number of esters is 1. The fourth-order valence-corrected chi connectivity index (χ4v) is 3.00. The van der Waals surface area contributed by atoms with E-state index in [1.165, 1.54) is 19.1 Å². The Morgan fingerprint density at radius 1 is 1.35 bits per heavy atom. The van der Waals surface area contributed by atoms with E-state index in [4.69, 9.17) is 21.7 Å². The van der Waals surface area contributed by atoms with Crippen molar-refractivity contribution in [3.63, 3.8) is 0 Å². The van der Waals surface area contributed by atoms with Gasteiger partial charge in [-0.05, 0) is 42.4 Å². The van der Waals surface area contributed by atoms with Gasteiger partial charge in [0.05, 0.1) is 14.2 Å². The quantitative estimate of drug-likeness (QED) is 0.394. The zero-order valence-corrected chi connectivity index (χ0v) is 17.0. The lowest BCUT2D eigenvalue weighted by molar-refractivity contribution is -0.142. The maximum absolute atomic E-state index is 12.4. The van der Waals surface area contributed by atoms with Crippen LogP contribution >= 0.6 is 28.1 Å². The first kappa shape index (κ1) is 20.2. The lowest BCUT2D eigenvalue weighted by Gasteiger charge is -2.12. The molecule has 0 saturated carbocycles. The van der Waals surface area contributed by atoms with Crippen LogP contribution in [0.2, 0.25) is 0 Å². The number of hydrogen-bond donors (Lipinski definition) is 1. The molecule has 0 bridgehead atoms. The van der Waals surface area contributed by atoms with Gasteiger partial charge in [0, 0.05) is 11.0 Å². The maximum Gasteiger partial charge on any atom is 0.343 e. The summed E-state index contributed by atoms with van der Waals surface area (Å²) in [6.07, 6.45) is 2.49. The topological polar surface area (TPSA) is 77.1 Å². The molecule has 1 aromatic rings. The molecule has 1 fully saturated rings. The average molecular weight is 443 g/mol. The molecule has 1 heterocycles. The van der Waals surface area contributed by atoms with E-state index in [-0.39, 0.29) is 12.5 Å². The molecule has 0 atom stereocenters. The molecule has 0 aromatic heterocycles. The van der Waals surface area contributed by atoms with Crippen LogP contribution in [0.15, 0.2) is 22.3 Å². The van der Waals surface area contributed by atoms with Crippen LogP contribution in [-0.2, 0) is 14.3 Å². The Balaban J connectivity index is 2.29. The van der Waals surface area contributed by atoms with Crippen LogP contribution in [0.4, 0.5) is 0 Å². The fraction of sp³-hybridized carbons (Fsp3) is 0.353. The van der Waals surface area contributed by atoms with E-state index in [0.717, 1.165) is 6.42 Å². The van der Waals surface area contributed by atoms with Crippen molar-refractivity contribution >= 4 is 51.2 Å². The van der Waals surface area contributed by atoms with Crippen molar-refractivity contribution in [2.24, 2.45) is 0 Å². The zero-order valence-electron chi connectivity index (χ0n) is 14.6. The van der Waals surface area contributed by atoms with Gasteiger partial charge in [-0.25, -0.2) is 4.79 Å². The molecule has 0 unspecified atom stereocenters. The second-order valence-electron chi connectivity index (χ2n) is 5.33. The van der Waals surface area contributed by atoms with Crippen LogP contribution < -0.4 is 14.8 Å². The molecular weight excluding hydrogens is 424 g/mol. The number of benzene rings is 1. The Morgan fingerprint density at radius 3 is 2.69 bits per heavy atom. The molecule has 1 N–H and O–H groups in total. The van der Waals surface area contributed by atoms with Crippen LogP contribution in [0.25, 0.3) is 6.08 Å². The monoisotopic (exact) mass is 442 g/mol. The van der Waals surface area contributed by atoms with Crippen LogP contribution in [0.1, 0.15) is 18.9 Å². The van der Waals surface area contributed by atoms with Gasteiger partial charge in [0.25, 0.3) is 5.91 Å². The van der Waals surface area contributed by atoms with Crippen molar-refractivity contribution in [2.75, 3.05) is 27.4 Å². The smallest absolute Gasteiger partial charge is 0.343 e. The van der Waals surface area contributed by atoms with Gasteiger partial charge in [-0.1, -0.05) is 22.9 Å². The predicted molar refractivity (Wildman–Crippen MR) is 104 cm³/mol. The zero-order chi connectivity index (χ0) is 19.3. The maximum atomic E-state index is 12.4. The Labute approximate surface area is 165 Å². The van der Waals surface area contributed by atoms with Crippen molar-refractivity contribution in [3.8, 4) is 11.5 Å². The number of thiocarbonyl (C=S) groups is 1. The summed E-state index contributed by atoms with van der Waals surface area (Å²) in [5, 5.41) is 3.32. The van der Waals surface area contributed by atoms with E-state index in [0.29, 0.717) is 38.9 Å². The highest BCUT2D eigenvalue weighted by atomic mass is 79.9. The van der Waals surface area contributed by atoms with Crippen molar-refractivity contribution in [1.29, 1.82) is 0 Å². The Kier molecular flexibility index (Phi) is 6.98. The number of halogens is 1. The number of carbonyl (C=O) groups excluding carboxylic acids is 2. The first-order valence-electron chi connectivity index (χ1n) is 7.83. The SMILES string of the molecule is CCCN1C(=O)/C(=C/c2cc(OC)c(OCC(=O)OC)cc2Br)NC1=S. The first-order valence-corrected chi connectivity index (χ1v) is 9.03. The van der Waals surface area contributed by atoms with Gasteiger partial charge >= 0.3 is 5.97 Å². The summed E-state index contributed by atoms with van der Waals surface area (Å²) in [5.41, 5.74) is 1.08. The van der Waals surface area contributed by atoms with Crippen LogP contribution in [-0.4, -0.2) is 49.3 Å². The van der Waals surface area contributed by atoms with Gasteiger partial charge in [0.15, 0.2) is 23.2 Å². The highest BCUT2D eigenvalue weighted by Gasteiger charge is 2.30. The molecule has 9 heteroatoms. The molecule has 1 amide bonds. The fourth-order valence-electron chi connectivity index (χ4n) is 2.28. The van der Waals surface area contributed by atoms with E-state index >= 15 is 0 Å². The van der Waals surface area contributed by atoms with Gasteiger partial charge in [-0.3, -0.25) is 9.69 Å². The number of nitrogens with one attached hydrogen (secondary N) is 1. The molecule has 0 spiro atoms. The third-order valence-corrected chi connectivity index (χ3v) is 4.57. The van der Waals surface area contributed by atoms with Crippen LogP contribution in [0.3, 0.4) is 0 Å². The number of nitrogens with zero attached hydrogens (tertiary/aromatic N) is 1. The van der Waals surface area contributed by atoms with Crippen LogP contribution in [0, 0.1) is 0 Å². The summed E-state index contributed by atoms with van der Waals surface area (Å²) < 4.78 is 15.9. The summed E-state index contributed by atoms with van der Waals surface area (Å²) in [7, 11) is 2.77. The normalized spacial score (nSPS) is 15.2. The summed E-state index contributed by atoms with van der Waals surface area (Å²) in [6, 6.07) is 3.36. The Hall–Kier alpha value is -2.13. The van der Waals surface area contributed by atoms with Gasteiger partial charge in [-0.2, -0.15) is 0 Å². The Bertz CT molecular complexity index is 766. The minimum Gasteiger partial charge on any atom is -0.493 e. The second kappa shape index (κ2) is 9.00. The van der Waals surface area contributed by atoms with Crippen molar-refractivity contribution in [1.82, 2.24) is 10.2 Å². The molecule has 0 aliphatic carbocycles. The van der Waals surface area contributed by atoms with Crippen molar-refractivity contribution < 1.29 is 23.8 Å².